The van der Waals surface area contributed by atoms with E-state index in [0.717, 1.165) is 42.8 Å². The summed E-state index contributed by atoms with van der Waals surface area (Å²) < 4.78 is 5.57. The lowest BCUT2D eigenvalue weighted by molar-refractivity contribution is -0.0133. The van der Waals surface area contributed by atoms with Gasteiger partial charge >= 0.3 is 0 Å². The number of anilines is 1. The van der Waals surface area contributed by atoms with E-state index in [0.29, 0.717) is 5.02 Å². The van der Waals surface area contributed by atoms with Crippen LogP contribution < -0.4 is 4.90 Å². The third-order valence-electron chi connectivity index (χ3n) is 4.14. The minimum Gasteiger partial charge on any atom is -0.378 e. The first kappa shape index (κ1) is 13.6. The molecule has 4 nitrogen and oxygen atoms in total. The van der Waals surface area contributed by atoms with Gasteiger partial charge in [-0.1, -0.05) is 11.6 Å². The molecule has 0 amide bonds. The number of fused-ring (bicyclic) bond motifs is 1. The number of hydrogen-bond acceptors (Lipinski definition) is 4. The van der Waals surface area contributed by atoms with Crippen LogP contribution in [-0.4, -0.2) is 35.8 Å². The van der Waals surface area contributed by atoms with Gasteiger partial charge < -0.3 is 9.64 Å². The van der Waals surface area contributed by atoms with E-state index in [-0.39, 0.29) is 5.60 Å². The van der Waals surface area contributed by atoms with Gasteiger partial charge in [0.2, 0.25) is 0 Å². The number of hydrogen-bond donors (Lipinski definition) is 0. The van der Waals surface area contributed by atoms with E-state index >= 15 is 0 Å². The lowest BCUT2D eigenvalue weighted by atomic mass is 9.93. The lowest BCUT2D eigenvalue weighted by Crippen LogP contribution is -2.44. The van der Waals surface area contributed by atoms with E-state index in [4.69, 9.17) is 16.3 Å². The molecule has 3 heterocycles. The molecule has 106 valence electrons. The maximum absolute atomic E-state index is 6.31. The maximum atomic E-state index is 6.31. The van der Waals surface area contributed by atoms with Crippen LogP contribution in [0.15, 0.2) is 24.4 Å². The van der Waals surface area contributed by atoms with Gasteiger partial charge in [-0.05, 0) is 31.9 Å². The van der Waals surface area contributed by atoms with Crippen molar-refractivity contribution in [1.82, 2.24) is 9.97 Å². The van der Waals surface area contributed by atoms with Crippen molar-refractivity contribution in [2.45, 2.75) is 25.4 Å². The zero-order valence-corrected chi connectivity index (χ0v) is 12.5. The van der Waals surface area contributed by atoms with Crippen LogP contribution in [0.5, 0.6) is 0 Å². The number of aromatic nitrogens is 2. The van der Waals surface area contributed by atoms with Crippen molar-refractivity contribution in [3.63, 3.8) is 0 Å². The molecule has 0 bridgehead atoms. The van der Waals surface area contributed by atoms with E-state index in [1.54, 1.807) is 13.3 Å². The summed E-state index contributed by atoms with van der Waals surface area (Å²) in [5, 5.41) is 0.658. The van der Waals surface area contributed by atoms with Crippen molar-refractivity contribution in [3.05, 3.63) is 29.4 Å². The Morgan fingerprint density at radius 3 is 2.80 bits per heavy atom. The standard InChI is InChI=1S/C15H18ClN3O/c1-15(20-2)5-8-19(9-6-15)13-10-11(16)14-12(18-13)4-3-7-17-14/h3-4,7,10H,5-6,8-9H2,1-2H3. The predicted octanol–water partition coefficient (Wildman–Crippen LogP) is 3.29. The molecule has 1 aliphatic heterocycles. The average molecular weight is 292 g/mol. The van der Waals surface area contributed by atoms with Gasteiger partial charge in [-0.2, -0.15) is 0 Å². The molecule has 1 aliphatic rings. The minimum atomic E-state index is -0.0152. The van der Waals surface area contributed by atoms with Crippen LogP contribution in [-0.2, 0) is 4.74 Å². The van der Waals surface area contributed by atoms with E-state index < -0.39 is 0 Å². The Hall–Kier alpha value is -1.39. The summed E-state index contributed by atoms with van der Waals surface area (Å²) in [4.78, 5) is 11.2. The fraction of sp³-hybridized carbons (Fsp3) is 0.467. The predicted molar refractivity (Wildman–Crippen MR) is 81.4 cm³/mol. The van der Waals surface area contributed by atoms with Crippen LogP contribution in [0.3, 0.4) is 0 Å². The third kappa shape index (κ3) is 2.45. The average Bonchev–Trinajstić information content (AvgIpc) is 2.48. The molecule has 0 aliphatic carbocycles. The number of halogens is 1. The number of nitrogens with zero attached hydrogens (tertiary/aromatic N) is 3. The van der Waals surface area contributed by atoms with Crippen molar-refractivity contribution in [2.24, 2.45) is 0 Å². The molecular formula is C15H18ClN3O. The molecule has 3 rings (SSSR count). The third-order valence-corrected chi connectivity index (χ3v) is 4.43. The van der Waals surface area contributed by atoms with Crippen LogP contribution in [0.4, 0.5) is 5.82 Å². The molecule has 1 saturated heterocycles. The fourth-order valence-electron chi connectivity index (χ4n) is 2.58. The quantitative estimate of drug-likeness (QED) is 0.851. The molecule has 1 fully saturated rings. The van der Waals surface area contributed by atoms with Crippen molar-refractivity contribution in [1.29, 1.82) is 0 Å². The molecule has 0 radical (unpaired) electrons. The summed E-state index contributed by atoms with van der Waals surface area (Å²) >= 11 is 6.31. The Bertz CT molecular complexity index is 624. The Morgan fingerprint density at radius 2 is 2.10 bits per heavy atom. The highest BCUT2D eigenvalue weighted by atomic mass is 35.5. The van der Waals surface area contributed by atoms with Crippen molar-refractivity contribution in [2.75, 3.05) is 25.1 Å². The SMILES string of the molecule is COC1(C)CCN(c2cc(Cl)c3ncccc3n2)CC1. The van der Waals surface area contributed by atoms with E-state index in [9.17, 15) is 0 Å². The van der Waals surface area contributed by atoms with Crippen molar-refractivity contribution >= 4 is 28.5 Å². The normalized spacial score (nSPS) is 18.4. The highest BCUT2D eigenvalue weighted by Crippen LogP contribution is 2.30. The van der Waals surface area contributed by atoms with Crippen LogP contribution in [0.2, 0.25) is 5.02 Å². The summed E-state index contributed by atoms with van der Waals surface area (Å²) in [6.07, 6.45) is 3.72. The smallest absolute Gasteiger partial charge is 0.130 e. The van der Waals surface area contributed by atoms with Gasteiger partial charge in [0.15, 0.2) is 0 Å². The van der Waals surface area contributed by atoms with Crippen LogP contribution in [0.25, 0.3) is 11.0 Å². The van der Waals surface area contributed by atoms with Crippen molar-refractivity contribution in [3.8, 4) is 0 Å². The monoisotopic (exact) mass is 291 g/mol. The van der Waals surface area contributed by atoms with Gasteiger partial charge in [0, 0.05) is 32.5 Å². The largest absolute Gasteiger partial charge is 0.378 e. The van der Waals surface area contributed by atoms with Crippen LogP contribution in [0.1, 0.15) is 19.8 Å². The molecule has 5 heteroatoms. The number of pyridine rings is 2. The van der Waals surface area contributed by atoms with Gasteiger partial charge in [0.05, 0.1) is 16.1 Å². The van der Waals surface area contributed by atoms with Gasteiger partial charge in [-0.3, -0.25) is 4.98 Å². The topological polar surface area (TPSA) is 38.2 Å². The van der Waals surface area contributed by atoms with Gasteiger partial charge in [-0.15, -0.1) is 0 Å². The summed E-state index contributed by atoms with van der Waals surface area (Å²) in [6, 6.07) is 5.74. The first-order valence-electron chi connectivity index (χ1n) is 6.83. The molecule has 20 heavy (non-hydrogen) atoms. The van der Waals surface area contributed by atoms with Gasteiger partial charge in [0.25, 0.3) is 0 Å². The maximum Gasteiger partial charge on any atom is 0.130 e. The summed E-state index contributed by atoms with van der Waals surface area (Å²) in [5.74, 6) is 0.925. The van der Waals surface area contributed by atoms with Crippen LogP contribution >= 0.6 is 11.6 Å². The van der Waals surface area contributed by atoms with E-state index in [1.807, 2.05) is 18.2 Å². The second-order valence-corrected chi connectivity index (χ2v) is 5.88. The van der Waals surface area contributed by atoms with E-state index in [2.05, 4.69) is 21.8 Å². The van der Waals surface area contributed by atoms with Crippen molar-refractivity contribution < 1.29 is 4.74 Å². The van der Waals surface area contributed by atoms with Gasteiger partial charge in [-0.25, -0.2) is 4.98 Å². The molecule has 2 aromatic rings. The molecule has 0 atom stereocenters. The molecule has 0 saturated carbocycles. The molecular weight excluding hydrogens is 274 g/mol. The molecule has 0 aromatic carbocycles. The second-order valence-electron chi connectivity index (χ2n) is 5.47. The number of piperidine rings is 1. The summed E-state index contributed by atoms with van der Waals surface area (Å²) in [6.45, 7) is 4.02. The number of rotatable bonds is 2. The summed E-state index contributed by atoms with van der Waals surface area (Å²) in [5.41, 5.74) is 1.59. The Morgan fingerprint density at radius 1 is 1.35 bits per heavy atom. The van der Waals surface area contributed by atoms with Crippen LogP contribution in [0, 0.1) is 0 Å². The Balaban J connectivity index is 1.88. The first-order valence-corrected chi connectivity index (χ1v) is 7.20. The molecule has 0 unspecified atom stereocenters. The highest BCUT2D eigenvalue weighted by molar-refractivity contribution is 6.35. The number of ether oxygens (including phenoxy) is 1. The molecule has 2 aromatic heterocycles. The Kier molecular flexibility index (Phi) is 3.52. The molecule has 0 spiro atoms. The molecule has 0 N–H and O–H groups in total. The summed E-state index contributed by atoms with van der Waals surface area (Å²) in [7, 11) is 1.78. The minimum absolute atomic E-state index is 0.0152. The Labute approximate surface area is 123 Å². The number of methoxy groups -OCH3 is 1. The fourth-order valence-corrected chi connectivity index (χ4v) is 2.83. The highest BCUT2D eigenvalue weighted by Gasteiger charge is 2.30. The van der Waals surface area contributed by atoms with E-state index in [1.165, 1.54) is 0 Å². The van der Waals surface area contributed by atoms with Gasteiger partial charge in [0.1, 0.15) is 11.3 Å². The lowest BCUT2D eigenvalue weighted by Gasteiger charge is -2.39. The second kappa shape index (κ2) is 5.19. The first-order chi connectivity index (χ1) is 9.61. The zero-order valence-electron chi connectivity index (χ0n) is 11.8. The zero-order chi connectivity index (χ0) is 14.2.